The highest BCUT2D eigenvalue weighted by Gasteiger charge is 2.34. The molecular formula is C19H23NO6S. The van der Waals surface area contributed by atoms with Gasteiger partial charge in [0.25, 0.3) is 5.91 Å². The minimum atomic E-state index is -3.10. The topological polar surface area (TPSA) is 93.9 Å². The molecule has 27 heavy (non-hydrogen) atoms. The van der Waals surface area contributed by atoms with Crippen molar-refractivity contribution in [3.63, 3.8) is 0 Å². The molecule has 1 unspecified atom stereocenters. The fourth-order valence-electron chi connectivity index (χ4n) is 3.42. The van der Waals surface area contributed by atoms with Gasteiger partial charge in [0.2, 0.25) is 5.76 Å². The Morgan fingerprint density at radius 2 is 2.04 bits per heavy atom. The van der Waals surface area contributed by atoms with Crippen LogP contribution in [0.4, 0.5) is 0 Å². The van der Waals surface area contributed by atoms with Crippen molar-refractivity contribution < 1.29 is 27.2 Å². The van der Waals surface area contributed by atoms with Gasteiger partial charge in [-0.15, -0.1) is 0 Å². The molecule has 0 saturated carbocycles. The van der Waals surface area contributed by atoms with Crippen molar-refractivity contribution in [1.82, 2.24) is 4.90 Å². The van der Waals surface area contributed by atoms with Gasteiger partial charge in [0.1, 0.15) is 5.58 Å². The monoisotopic (exact) mass is 393 g/mol. The number of aryl methyl sites for hydroxylation is 1. The van der Waals surface area contributed by atoms with Gasteiger partial charge in [-0.05, 0) is 25.8 Å². The quantitative estimate of drug-likeness (QED) is 0.699. The van der Waals surface area contributed by atoms with E-state index >= 15 is 0 Å². The van der Waals surface area contributed by atoms with Crippen LogP contribution >= 0.6 is 0 Å². The van der Waals surface area contributed by atoms with E-state index in [0.717, 1.165) is 5.39 Å². The molecule has 1 amide bonds. The van der Waals surface area contributed by atoms with E-state index in [1.807, 2.05) is 25.1 Å². The highest BCUT2D eigenvalue weighted by molar-refractivity contribution is 7.91. The van der Waals surface area contributed by atoms with Crippen LogP contribution in [0.25, 0.3) is 11.0 Å². The highest BCUT2D eigenvalue weighted by Crippen LogP contribution is 2.25. The minimum Gasteiger partial charge on any atom is -0.450 e. The molecule has 0 spiro atoms. The van der Waals surface area contributed by atoms with Gasteiger partial charge in [-0.25, -0.2) is 13.2 Å². The van der Waals surface area contributed by atoms with Crippen molar-refractivity contribution in [1.29, 1.82) is 0 Å². The van der Waals surface area contributed by atoms with Crippen molar-refractivity contribution in [2.45, 2.75) is 32.7 Å². The van der Waals surface area contributed by atoms with E-state index in [4.69, 9.17) is 9.15 Å². The lowest BCUT2D eigenvalue weighted by molar-refractivity contribution is -0.136. The van der Waals surface area contributed by atoms with Gasteiger partial charge in [0.15, 0.2) is 16.4 Å². The maximum atomic E-state index is 12.5. The molecule has 1 aromatic heterocycles. The van der Waals surface area contributed by atoms with E-state index < -0.39 is 22.4 Å². The summed E-state index contributed by atoms with van der Waals surface area (Å²) in [6.45, 7) is 3.66. The molecule has 2 heterocycles. The van der Waals surface area contributed by atoms with Crippen molar-refractivity contribution in [2.75, 3.05) is 24.7 Å². The number of amides is 1. The number of rotatable bonds is 6. The molecule has 8 heteroatoms. The van der Waals surface area contributed by atoms with Crippen molar-refractivity contribution in [3.8, 4) is 0 Å². The summed E-state index contributed by atoms with van der Waals surface area (Å²) in [6.07, 6.45) is 1.11. The lowest BCUT2D eigenvalue weighted by Crippen LogP contribution is -2.43. The zero-order valence-corrected chi connectivity index (χ0v) is 16.3. The molecule has 1 aliphatic heterocycles. The predicted molar refractivity (Wildman–Crippen MR) is 100 cm³/mol. The Morgan fingerprint density at radius 1 is 1.30 bits per heavy atom. The summed E-state index contributed by atoms with van der Waals surface area (Å²) in [5, 5.41) is 0.819. The van der Waals surface area contributed by atoms with E-state index in [-0.39, 0.29) is 29.2 Å². The highest BCUT2D eigenvalue weighted by atomic mass is 32.2. The van der Waals surface area contributed by atoms with E-state index in [1.165, 1.54) is 4.90 Å². The summed E-state index contributed by atoms with van der Waals surface area (Å²) in [7, 11) is -3.10. The maximum absolute atomic E-state index is 12.5. The normalized spacial score (nSPS) is 18.5. The maximum Gasteiger partial charge on any atom is 0.375 e. The number of sulfone groups is 1. The fourth-order valence-corrected chi connectivity index (χ4v) is 5.15. The van der Waals surface area contributed by atoms with Crippen molar-refractivity contribution in [3.05, 3.63) is 35.6 Å². The standard InChI is InChI=1S/C19H23NO6S/c1-3-9-20(14-8-10-27(23,24)12-14)17(21)11-25-19(22)18-13(2)15-6-4-5-7-16(15)26-18/h4-7,14H,3,8-12H2,1-2H3. The van der Waals surface area contributed by atoms with E-state index in [2.05, 4.69) is 0 Å². The van der Waals surface area contributed by atoms with E-state index in [9.17, 15) is 18.0 Å². The zero-order valence-electron chi connectivity index (χ0n) is 15.4. The Hall–Kier alpha value is -2.35. The number of para-hydroxylation sites is 1. The Kier molecular flexibility index (Phi) is 5.55. The van der Waals surface area contributed by atoms with Gasteiger partial charge < -0.3 is 14.1 Å². The molecule has 3 rings (SSSR count). The third kappa shape index (κ3) is 4.16. The van der Waals surface area contributed by atoms with Crippen LogP contribution in [-0.2, 0) is 19.4 Å². The number of ether oxygens (including phenoxy) is 1. The first-order valence-corrected chi connectivity index (χ1v) is 10.8. The van der Waals surface area contributed by atoms with Crippen molar-refractivity contribution >= 4 is 32.7 Å². The minimum absolute atomic E-state index is 0.0324. The van der Waals surface area contributed by atoms with Crippen LogP contribution in [0.1, 0.15) is 35.9 Å². The van der Waals surface area contributed by atoms with Crippen LogP contribution in [-0.4, -0.2) is 55.9 Å². The Balaban J connectivity index is 1.67. The molecule has 1 saturated heterocycles. The number of hydrogen-bond acceptors (Lipinski definition) is 6. The second kappa shape index (κ2) is 7.72. The van der Waals surface area contributed by atoms with Crippen LogP contribution in [0.2, 0.25) is 0 Å². The molecule has 1 atom stereocenters. The first kappa shape index (κ1) is 19.4. The Bertz CT molecular complexity index is 962. The Labute approximate surface area is 158 Å². The average Bonchev–Trinajstić information content (AvgIpc) is 3.17. The number of nitrogens with zero attached hydrogens (tertiary/aromatic N) is 1. The molecule has 0 aliphatic carbocycles. The summed E-state index contributed by atoms with van der Waals surface area (Å²) in [4.78, 5) is 26.4. The van der Waals surface area contributed by atoms with E-state index in [0.29, 0.717) is 30.5 Å². The summed E-state index contributed by atoms with van der Waals surface area (Å²) >= 11 is 0. The molecule has 0 N–H and O–H groups in total. The smallest absolute Gasteiger partial charge is 0.375 e. The van der Waals surface area contributed by atoms with Gasteiger partial charge >= 0.3 is 5.97 Å². The second-order valence-corrected chi connectivity index (χ2v) is 9.00. The number of benzene rings is 1. The number of carbonyl (C=O) groups is 2. The lowest BCUT2D eigenvalue weighted by Gasteiger charge is -2.27. The number of furan rings is 1. The molecule has 2 aromatic rings. The summed E-state index contributed by atoms with van der Waals surface area (Å²) in [5.41, 5.74) is 1.24. The molecule has 0 radical (unpaired) electrons. The van der Waals surface area contributed by atoms with E-state index in [1.54, 1.807) is 13.0 Å². The van der Waals surface area contributed by atoms with Gasteiger partial charge in [-0.1, -0.05) is 25.1 Å². The van der Waals surface area contributed by atoms with Gasteiger partial charge in [0.05, 0.1) is 11.5 Å². The fraction of sp³-hybridized carbons (Fsp3) is 0.474. The zero-order chi connectivity index (χ0) is 19.6. The third-order valence-electron chi connectivity index (χ3n) is 4.79. The molecule has 7 nitrogen and oxygen atoms in total. The number of carbonyl (C=O) groups excluding carboxylic acids is 2. The van der Waals surface area contributed by atoms with Crippen LogP contribution in [0, 0.1) is 6.92 Å². The number of esters is 1. The van der Waals surface area contributed by atoms with Crippen LogP contribution in [0.3, 0.4) is 0 Å². The lowest BCUT2D eigenvalue weighted by atomic mass is 10.1. The summed E-state index contributed by atoms with van der Waals surface area (Å²) in [6, 6.07) is 6.91. The van der Waals surface area contributed by atoms with Gasteiger partial charge in [0, 0.05) is 23.5 Å². The SMILES string of the molecule is CCCN(C(=O)COC(=O)c1oc2ccccc2c1C)C1CCS(=O)(=O)C1. The third-order valence-corrected chi connectivity index (χ3v) is 6.54. The van der Waals surface area contributed by atoms with Crippen molar-refractivity contribution in [2.24, 2.45) is 0 Å². The molecule has 146 valence electrons. The number of hydrogen-bond donors (Lipinski definition) is 0. The first-order chi connectivity index (χ1) is 12.8. The van der Waals surface area contributed by atoms with Gasteiger partial charge in [-0.3, -0.25) is 4.79 Å². The number of fused-ring (bicyclic) bond motifs is 1. The molecule has 0 bridgehead atoms. The Morgan fingerprint density at radius 3 is 2.67 bits per heavy atom. The largest absolute Gasteiger partial charge is 0.450 e. The van der Waals surface area contributed by atoms with Gasteiger partial charge in [-0.2, -0.15) is 0 Å². The summed E-state index contributed by atoms with van der Waals surface area (Å²) < 4.78 is 34.1. The average molecular weight is 393 g/mol. The molecule has 1 fully saturated rings. The second-order valence-electron chi connectivity index (χ2n) is 6.77. The van der Waals surface area contributed by atoms with Crippen LogP contribution in [0.15, 0.2) is 28.7 Å². The molecule has 1 aliphatic rings. The molecular weight excluding hydrogens is 370 g/mol. The molecule has 1 aromatic carbocycles. The summed E-state index contributed by atoms with van der Waals surface area (Å²) in [5.74, 6) is -0.957. The first-order valence-electron chi connectivity index (χ1n) is 8.97. The predicted octanol–water partition coefficient (Wildman–Crippen LogP) is 2.32. The van der Waals surface area contributed by atoms with Crippen LogP contribution < -0.4 is 0 Å². The van der Waals surface area contributed by atoms with Crippen LogP contribution in [0.5, 0.6) is 0 Å².